The molecule has 104 valence electrons. The first-order valence-corrected chi connectivity index (χ1v) is 7.43. The first-order valence-electron chi connectivity index (χ1n) is 7.43. The van der Waals surface area contributed by atoms with Crippen molar-refractivity contribution >= 4 is 6.03 Å². The van der Waals surface area contributed by atoms with E-state index in [1.807, 2.05) is 4.90 Å². The van der Waals surface area contributed by atoms with E-state index in [9.17, 15) is 4.79 Å². The van der Waals surface area contributed by atoms with Gasteiger partial charge < -0.3 is 15.0 Å². The van der Waals surface area contributed by atoms with E-state index in [0.29, 0.717) is 12.0 Å². The lowest BCUT2D eigenvalue weighted by Crippen LogP contribution is -2.49. The van der Waals surface area contributed by atoms with Gasteiger partial charge in [0, 0.05) is 32.3 Å². The zero-order valence-electron chi connectivity index (χ0n) is 11.5. The Morgan fingerprint density at radius 3 is 2.78 bits per heavy atom. The summed E-state index contributed by atoms with van der Waals surface area (Å²) in [6.45, 7) is 5.62. The Hall–Kier alpha value is -0.770. The fraction of sp³-hybridized carbons (Fsp3) is 0.929. The Kier molecular flexibility index (Phi) is 5.29. The number of rotatable bonds is 3. The molecular weight excluding hydrogens is 228 g/mol. The molecule has 2 heterocycles. The Morgan fingerprint density at radius 1 is 1.28 bits per heavy atom. The maximum absolute atomic E-state index is 12.2. The van der Waals surface area contributed by atoms with Crippen LogP contribution < -0.4 is 5.32 Å². The van der Waals surface area contributed by atoms with Gasteiger partial charge in [-0.15, -0.1) is 0 Å². The molecule has 1 unspecified atom stereocenters. The van der Waals surface area contributed by atoms with Crippen LogP contribution >= 0.6 is 0 Å². The Balaban J connectivity index is 1.75. The van der Waals surface area contributed by atoms with Crippen LogP contribution in [0.2, 0.25) is 0 Å². The molecule has 2 amide bonds. The molecule has 2 rings (SSSR count). The lowest BCUT2D eigenvalue weighted by Gasteiger charge is -2.35. The molecule has 0 aromatic heterocycles. The highest BCUT2D eigenvalue weighted by Crippen LogP contribution is 2.19. The Labute approximate surface area is 110 Å². The molecule has 2 aliphatic rings. The van der Waals surface area contributed by atoms with E-state index in [1.165, 1.54) is 12.8 Å². The van der Waals surface area contributed by atoms with Crippen molar-refractivity contribution in [2.24, 2.45) is 5.92 Å². The minimum atomic E-state index is 0.146. The summed E-state index contributed by atoms with van der Waals surface area (Å²) in [5.41, 5.74) is 0. The fourth-order valence-electron chi connectivity index (χ4n) is 2.98. The third kappa shape index (κ3) is 3.61. The van der Waals surface area contributed by atoms with Crippen LogP contribution in [0.15, 0.2) is 0 Å². The summed E-state index contributed by atoms with van der Waals surface area (Å²) >= 11 is 0. The predicted octanol–water partition coefficient (Wildman–Crippen LogP) is 2.39. The van der Waals surface area contributed by atoms with Crippen LogP contribution in [0.25, 0.3) is 0 Å². The SMILES string of the molecule is CCC1CCCCN1C(=O)NCC1CCOCC1. The van der Waals surface area contributed by atoms with E-state index in [0.717, 1.165) is 52.0 Å². The van der Waals surface area contributed by atoms with E-state index in [1.54, 1.807) is 0 Å². The average Bonchev–Trinajstić information content (AvgIpc) is 2.45. The first-order chi connectivity index (χ1) is 8.81. The van der Waals surface area contributed by atoms with Gasteiger partial charge in [-0.1, -0.05) is 6.92 Å². The van der Waals surface area contributed by atoms with Gasteiger partial charge in [-0.05, 0) is 44.4 Å². The summed E-state index contributed by atoms with van der Waals surface area (Å²) < 4.78 is 5.33. The molecule has 0 aromatic carbocycles. The zero-order valence-corrected chi connectivity index (χ0v) is 11.5. The molecule has 0 radical (unpaired) electrons. The van der Waals surface area contributed by atoms with Crippen LogP contribution in [-0.2, 0) is 4.74 Å². The standard InChI is InChI=1S/C14H26N2O2/c1-2-13-5-3-4-8-16(13)14(17)15-11-12-6-9-18-10-7-12/h12-13H,2-11H2,1H3,(H,15,17). The second kappa shape index (κ2) is 6.98. The summed E-state index contributed by atoms with van der Waals surface area (Å²) in [7, 11) is 0. The Morgan fingerprint density at radius 2 is 2.06 bits per heavy atom. The molecule has 0 spiro atoms. The van der Waals surface area contributed by atoms with Crippen LogP contribution in [0, 0.1) is 5.92 Å². The maximum atomic E-state index is 12.2. The number of amides is 2. The van der Waals surface area contributed by atoms with Gasteiger partial charge in [0.1, 0.15) is 0 Å². The van der Waals surface area contributed by atoms with Crippen molar-refractivity contribution in [1.29, 1.82) is 0 Å². The number of likely N-dealkylation sites (tertiary alicyclic amines) is 1. The van der Waals surface area contributed by atoms with Gasteiger partial charge in [0.05, 0.1) is 0 Å². The summed E-state index contributed by atoms with van der Waals surface area (Å²) in [5, 5.41) is 3.12. The highest BCUT2D eigenvalue weighted by atomic mass is 16.5. The van der Waals surface area contributed by atoms with Crippen LogP contribution in [0.5, 0.6) is 0 Å². The number of piperidine rings is 1. The van der Waals surface area contributed by atoms with Crippen LogP contribution in [0.1, 0.15) is 45.4 Å². The van der Waals surface area contributed by atoms with Crippen molar-refractivity contribution in [3.05, 3.63) is 0 Å². The molecule has 0 saturated carbocycles. The lowest BCUT2D eigenvalue weighted by atomic mass is 9.99. The molecule has 2 aliphatic heterocycles. The van der Waals surface area contributed by atoms with E-state index in [-0.39, 0.29) is 6.03 Å². The molecule has 2 fully saturated rings. The molecule has 0 bridgehead atoms. The van der Waals surface area contributed by atoms with Crippen molar-refractivity contribution in [3.63, 3.8) is 0 Å². The monoisotopic (exact) mass is 254 g/mol. The van der Waals surface area contributed by atoms with Gasteiger partial charge in [-0.2, -0.15) is 0 Å². The van der Waals surface area contributed by atoms with Crippen molar-refractivity contribution in [3.8, 4) is 0 Å². The minimum absolute atomic E-state index is 0.146. The quantitative estimate of drug-likeness (QED) is 0.840. The summed E-state index contributed by atoms with van der Waals surface area (Å²) in [6, 6.07) is 0.599. The number of carbonyl (C=O) groups is 1. The molecule has 0 aromatic rings. The first kappa shape index (κ1) is 13.7. The highest BCUT2D eigenvalue weighted by molar-refractivity contribution is 5.74. The van der Waals surface area contributed by atoms with E-state index in [2.05, 4.69) is 12.2 Å². The topological polar surface area (TPSA) is 41.6 Å². The smallest absolute Gasteiger partial charge is 0.317 e. The third-order valence-electron chi connectivity index (χ3n) is 4.24. The Bertz CT molecular complexity index is 265. The van der Waals surface area contributed by atoms with E-state index >= 15 is 0 Å². The largest absolute Gasteiger partial charge is 0.381 e. The molecule has 1 N–H and O–H groups in total. The molecule has 18 heavy (non-hydrogen) atoms. The van der Waals surface area contributed by atoms with Gasteiger partial charge in [0.25, 0.3) is 0 Å². The predicted molar refractivity (Wildman–Crippen MR) is 71.6 cm³/mol. The van der Waals surface area contributed by atoms with Crippen LogP contribution in [-0.4, -0.2) is 43.3 Å². The molecule has 2 saturated heterocycles. The van der Waals surface area contributed by atoms with Crippen molar-refractivity contribution < 1.29 is 9.53 Å². The maximum Gasteiger partial charge on any atom is 0.317 e. The zero-order chi connectivity index (χ0) is 12.8. The van der Waals surface area contributed by atoms with Gasteiger partial charge >= 0.3 is 6.03 Å². The molecule has 0 aliphatic carbocycles. The number of carbonyl (C=O) groups excluding carboxylic acids is 1. The second-order valence-electron chi connectivity index (χ2n) is 5.49. The van der Waals surface area contributed by atoms with Crippen LogP contribution in [0.3, 0.4) is 0 Å². The van der Waals surface area contributed by atoms with Crippen molar-refractivity contribution in [1.82, 2.24) is 10.2 Å². The van der Waals surface area contributed by atoms with E-state index < -0.39 is 0 Å². The normalized spacial score (nSPS) is 26.1. The van der Waals surface area contributed by atoms with Gasteiger partial charge in [0.15, 0.2) is 0 Å². The highest BCUT2D eigenvalue weighted by Gasteiger charge is 2.25. The van der Waals surface area contributed by atoms with Crippen LogP contribution in [0.4, 0.5) is 4.79 Å². The molecule has 4 nitrogen and oxygen atoms in total. The summed E-state index contributed by atoms with van der Waals surface area (Å²) in [5.74, 6) is 0.604. The van der Waals surface area contributed by atoms with Gasteiger partial charge in [-0.25, -0.2) is 4.79 Å². The van der Waals surface area contributed by atoms with E-state index in [4.69, 9.17) is 4.74 Å². The number of hydrogen-bond donors (Lipinski definition) is 1. The fourth-order valence-corrected chi connectivity index (χ4v) is 2.98. The summed E-state index contributed by atoms with van der Waals surface area (Å²) in [4.78, 5) is 14.2. The third-order valence-corrected chi connectivity index (χ3v) is 4.24. The number of urea groups is 1. The van der Waals surface area contributed by atoms with Crippen molar-refractivity contribution in [2.75, 3.05) is 26.3 Å². The minimum Gasteiger partial charge on any atom is -0.381 e. The number of ether oxygens (including phenoxy) is 1. The number of nitrogens with zero attached hydrogens (tertiary/aromatic N) is 1. The second-order valence-corrected chi connectivity index (χ2v) is 5.49. The molecule has 4 heteroatoms. The number of nitrogens with one attached hydrogen (secondary N) is 1. The number of hydrogen-bond acceptors (Lipinski definition) is 2. The van der Waals surface area contributed by atoms with Gasteiger partial charge in [-0.3, -0.25) is 0 Å². The summed E-state index contributed by atoms with van der Waals surface area (Å²) in [6.07, 6.45) is 6.82. The lowest BCUT2D eigenvalue weighted by molar-refractivity contribution is 0.0657. The average molecular weight is 254 g/mol. The molecular formula is C14H26N2O2. The van der Waals surface area contributed by atoms with Gasteiger partial charge in [0.2, 0.25) is 0 Å². The molecule has 1 atom stereocenters. The van der Waals surface area contributed by atoms with Crippen molar-refractivity contribution in [2.45, 2.75) is 51.5 Å².